The van der Waals surface area contributed by atoms with Gasteiger partial charge in [-0.05, 0) is 53.7 Å². The van der Waals surface area contributed by atoms with E-state index >= 15 is 0 Å². The fourth-order valence-corrected chi connectivity index (χ4v) is 2.95. The van der Waals surface area contributed by atoms with E-state index in [-0.39, 0.29) is 6.10 Å². The van der Waals surface area contributed by atoms with Crippen molar-refractivity contribution >= 4 is 21.6 Å². The van der Waals surface area contributed by atoms with E-state index < -0.39 is 0 Å². The van der Waals surface area contributed by atoms with Crippen LogP contribution in [0.3, 0.4) is 0 Å². The van der Waals surface area contributed by atoms with Crippen LogP contribution in [-0.2, 0) is 0 Å². The third-order valence-corrected chi connectivity index (χ3v) is 4.33. The normalized spacial score (nSPS) is 18.4. The molecule has 1 unspecified atom stereocenters. The van der Waals surface area contributed by atoms with Gasteiger partial charge in [0.1, 0.15) is 6.07 Å². The molecule has 96 valence electrons. The summed E-state index contributed by atoms with van der Waals surface area (Å²) in [5.74, 6) is 0.388. The molecule has 0 spiro atoms. The Kier molecular flexibility index (Phi) is 4.26. The van der Waals surface area contributed by atoms with E-state index in [9.17, 15) is 10.4 Å². The van der Waals surface area contributed by atoms with Crippen molar-refractivity contribution in [1.29, 1.82) is 5.26 Å². The molecule has 1 fully saturated rings. The zero-order valence-corrected chi connectivity index (χ0v) is 12.0. The largest absolute Gasteiger partial charge is 0.393 e. The molecule has 1 heterocycles. The van der Waals surface area contributed by atoms with Crippen molar-refractivity contribution in [2.75, 3.05) is 18.0 Å². The van der Waals surface area contributed by atoms with Crippen molar-refractivity contribution in [3.63, 3.8) is 0 Å². The number of aliphatic hydroxyl groups excluding tert-OH is 1. The van der Waals surface area contributed by atoms with Gasteiger partial charge in [0.05, 0.1) is 17.4 Å². The van der Waals surface area contributed by atoms with Gasteiger partial charge in [0.15, 0.2) is 0 Å². The highest BCUT2D eigenvalue weighted by molar-refractivity contribution is 9.10. The summed E-state index contributed by atoms with van der Waals surface area (Å²) >= 11 is 3.42. The predicted octanol–water partition coefficient (Wildman–Crippen LogP) is 2.92. The fraction of sp³-hybridized carbons (Fsp3) is 0.500. The Hall–Kier alpha value is -1.05. The van der Waals surface area contributed by atoms with E-state index in [1.165, 1.54) is 0 Å². The van der Waals surface area contributed by atoms with Gasteiger partial charge < -0.3 is 10.0 Å². The molecule has 1 aliphatic heterocycles. The van der Waals surface area contributed by atoms with Crippen molar-refractivity contribution in [3.05, 3.63) is 28.2 Å². The summed E-state index contributed by atoms with van der Waals surface area (Å²) in [5.41, 5.74) is 1.70. The van der Waals surface area contributed by atoms with E-state index in [0.717, 1.165) is 36.1 Å². The van der Waals surface area contributed by atoms with Crippen LogP contribution in [0.4, 0.5) is 5.69 Å². The minimum absolute atomic E-state index is 0.231. The monoisotopic (exact) mass is 308 g/mol. The van der Waals surface area contributed by atoms with Crippen LogP contribution in [0.1, 0.15) is 25.3 Å². The van der Waals surface area contributed by atoms with Gasteiger partial charge in [-0.1, -0.05) is 6.07 Å². The second-order valence-corrected chi connectivity index (χ2v) is 5.67. The maximum absolute atomic E-state index is 9.60. The molecule has 0 saturated carbocycles. The maximum atomic E-state index is 9.60. The fourth-order valence-electron chi connectivity index (χ4n) is 2.51. The number of aliphatic hydroxyl groups is 1. The molecule has 0 radical (unpaired) electrons. The summed E-state index contributed by atoms with van der Waals surface area (Å²) in [6.45, 7) is 3.67. The predicted molar refractivity (Wildman–Crippen MR) is 75.5 cm³/mol. The van der Waals surface area contributed by atoms with Gasteiger partial charge in [-0.2, -0.15) is 5.26 Å². The van der Waals surface area contributed by atoms with Crippen molar-refractivity contribution in [1.82, 2.24) is 0 Å². The highest BCUT2D eigenvalue weighted by Gasteiger charge is 2.24. The molecule has 18 heavy (non-hydrogen) atoms. The lowest BCUT2D eigenvalue weighted by Crippen LogP contribution is -2.37. The quantitative estimate of drug-likeness (QED) is 0.914. The Morgan fingerprint density at radius 3 is 2.67 bits per heavy atom. The summed E-state index contributed by atoms with van der Waals surface area (Å²) < 4.78 is 0.847. The number of nitrogens with zero attached hydrogens (tertiary/aromatic N) is 2. The molecule has 0 aromatic heterocycles. The average Bonchev–Trinajstić information content (AvgIpc) is 2.38. The Morgan fingerprint density at radius 2 is 2.11 bits per heavy atom. The Bertz CT molecular complexity index is 459. The molecule has 1 atom stereocenters. The minimum atomic E-state index is -0.231. The Labute approximate surface area is 116 Å². The summed E-state index contributed by atoms with van der Waals surface area (Å²) in [6, 6.07) is 8.10. The Morgan fingerprint density at radius 1 is 1.44 bits per heavy atom. The van der Waals surface area contributed by atoms with E-state index in [1.807, 2.05) is 25.1 Å². The molecule has 1 saturated heterocycles. The van der Waals surface area contributed by atoms with Crippen LogP contribution in [0.25, 0.3) is 0 Å². The van der Waals surface area contributed by atoms with Crippen molar-refractivity contribution in [3.8, 4) is 6.07 Å². The molecule has 0 amide bonds. The lowest BCUT2D eigenvalue weighted by atomic mass is 9.91. The molecule has 1 aromatic carbocycles. The maximum Gasteiger partial charge on any atom is 0.103 e. The second kappa shape index (κ2) is 5.73. The molecule has 1 aromatic rings. The molecule has 4 heteroatoms. The Balaban J connectivity index is 2.15. The van der Waals surface area contributed by atoms with E-state index in [2.05, 4.69) is 26.9 Å². The van der Waals surface area contributed by atoms with E-state index in [0.29, 0.717) is 11.5 Å². The standard InChI is InChI=1S/C14H17BrN2O/c1-10(18)11-5-7-17(8-6-11)14-4-2-3-13(15)12(14)9-16/h2-4,10-11,18H,5-8H2,1H3. The second-order valence-electron chi connectivity index (χ2n) is 4.81. The lowest BCUT2D eigenvalue weighted by molar-refractivity contribution is 0.110. The van der Waals surface area contributed by atoms with Crippen molar-refractivity contribution in [2.24, 2.45) is 5.92 Å². The van der Waals surface area contributed by atoms with E-state index in [4.69, 9.17) is 0 Å². The lowest BCUT2D eigenvalue weighted by Gasteiger charge is -2.35. The van der Waals surface area contributed by atoms with Crippen LogP contribution in [0.15, 0.2) is 22.7 Å². The smallest absolute Gasteiger partial charge is 0.103 e. The third kappa shape index (κ3) is 2.68. The number of piperidine rings is 1. The van der Waals surface area contributed by atoms with Gasteiger partial charge in [0.25, 0.3) is 0 Å². The van der Waals surface area contributed by atoms with Gasteiger partial charge in [-0.3, -0.25) is 0 Å². The van der Waals surface area contributed by atoms with Crippen LogP contribution in [0, 0.1) is 17.2 Å². The van der Waals surface area contributed by atoms with Gasteiger partial charge in [0, 0.05) is 17.6 Å². The SMILES string of the molecule is CC(O)C1CCN(c2cccc(Br)c2C#N)CC1. The third-order valence-electron chi connectivity index (χ3n) is 3.67. The average molecular weight is 309 g/mol. The van der Waals surface area contributed by atoms with Crippen molar-refractivity contribution in [2.45, 2.75) is 25.9 Å². The highest BCUT2D eigenvalue weighted by Crippen LogP contribution is 2.31. The molecule has 3 nitrogen and oxygen atoms in total. The van der Waals surface area contributed by atoms with Gasteiger partial charge in [0.2, 0.25) is 0 Å². The molecule has 2 rings (SSSR count). The number of rotatable bonds is 2. The van der Waals surface area contributed by atoms with Crippen LogP contribution in [-0.4, -0.2) is 24.3 Å². The van der Waals surface area contributed by atoms with Crippen LogP contribution in [0.5, 0.6) is 0 Å². The van der Waals surface area contributed by atoms with Gasteiger partial charge in [-0.15, -0.1) is 0 Å². The topological polar surface area (TPSA) is 47.3 Å². The van der Waals surface area contributed by atoms with Crippen molar-refractivity contribution < 1.29 is 5.11 Å². The summed E-state index contributed by atoms with van der Waals surface area (Å²) in [6.07, 6.45) is 1.73. The minimum Gasteiger partial charge on any atom is -0.393 e. The first-order valence-electron chi connectivity index (χ1n) is 6.25. The summed E-state index contributed by atoms with van der Waals surface area (Å²) in [4.78, 5) is 2.24. The van der Waals surface area contributed by atoms with Gasteiger partial charge >= 0.3 is 0 Å². The number of hydrogen-bond donors (Lipinski definition) is 1. The zero-order chi connectivity index (χ0) is 13.1. The first-order chi connectivity index (χ1) is 8.63. The molecule has 1 aliphatic rings. The zero-order valence-electron chi connectivity index (χ0n) is 10.4. The number of halogens is 1. The molecule has 0 aliphatic carbocycles. The molecular weight excluding hydrogens is 292 g/mol. The number of hydrogen-bond acceptors (Lipinski definition) is 3. The summed E-state index contributed by atoms with van der Waals surface area (Å²) in [5, 5.41) is 18.8. The first-order valence-corrected chi connectivity index (χ1v) is 7.04. The number of nitriles is 1. The number of anilines is 1. The van der Waals surface area contributed by atoms with Gasteiger partial charge in [-0.25, -0.2) is 0 Å². The first kappa shape index (κ1) is 13.4. The van der Waals surface area contributed by atoms with Crippen LogP contribution < -0.4 is 4.90 Å². The van der Waals surface area contributed by atoms with Crippen LogP contribution in [0.2, 0.25) is 0 Å². The highest BCUT2D eigenvalue weighted by atomic mass is 79.9. The molecule has 0 bridgehead atoms. The van der Waals surface area contributed by atoms with Crippen LogP contribution >= 0.6 is 15.9 Å². The molecular formula is C14H17BrN2O. The van der Waals surface area contributed by atoms with E-state index in [1.54, 1.807) is 0 Å². The summed E-state index contributed by atoms with van der Waals surface area (Å²) in [7, 11) is 0. The molecule has 1 N–H and O–H groups in total. The number of benzene rings is 1.